The molecule has 27 heavy (non-hydrogen) atoms. The normalized spacial score (nSPS) is 11.7. The number of amides is 2. The summed E-state index contributed by atoms with van der Waals surface area (Å²) >= 11 is 1.56. The second-order valence-corrected chi connectivity index (χ2v) is 7.19. The third-order valence-electron chi connectivity index (χ3n) is 4.03. The van der Waals surface area contributed by atoms with Crippen LogP contribution in [0.2, 0.25) is 0 Å². The summed E-state index contributed by atoms with van der Waals surface area (Å²) in [4.78, 5) is 26.3. The summed E-state index contributed by atoms with van der Waals surface area (Å²) in [5, 5.41) is 5.77. The zero-order valence-electron chi connectivity index (χ0n) is 16.1. The van der Waals surface area contributed by atoms with Gasteiger partial charge in [0, 0.05) is 10.5 Å². The van der Waals surface area contributed by atoms with Gasteiger partial charge in [-0.25, -0.2) is 0 Å². The number of rotatable bonds is 8. The van der Waals surface area contributed by atoms with Gasteiger partial charge < -0.3 is 15.4 Å². The van der Waals surface area contributed by atoms with Gasteiger partial charge in [-0.2, -0.15) is 0 Å². The highest BCUT2D eigenvalue weighted by atomic mass is 32.2. The number of anilines is 1. The zero-order valence-corrected chi connectivity index (χ0v) is 16.9. The number of nitrogens with one attached hydrogen (secondary N) is 2. The maximum absolute atomic E-state index is 12.8. The summed E-state index contributed by atoms with van der Waals surface area (Å²) < 4.78 is 5.39. The minimum atomic E-state index is -0.640. The van der Waals surface area contributed by atoms with Crippen LogP contribution < -0.4 is 15.4 Å². The fourth-order valence-corrected chi connectivity index (χ4v) is 3.14. The molecule has 2 amide bonds. The van der Waals surface area contributed by atoms with Crippen molar-refractivity contribution in [3.8, 4) is 5.75 Å². The first-order valence-electron chi connectivity index (χ1n) is 8.93. The number of para-hydroxylation sites is 1. The molecule has 2 aromatic rings. The third kappa shape index (κ3) is 5.76. The molecule has 5 nitrogen and oxygen atoms in total. The van der Waals surface area contributed by atoms with E-state index in [9.17, 15) is 9.59 Å². The lowest BCUT2D eigenvalue weighted by molar-refractivity contribution is -0.118. The highest BCUT2D eigenvalue weighted by Crippen LogP contribution is 2.25. The molecule has 1 atom stereocenters. The number of carbonyl (C=O) groups is 2. The Morgan fingerprint density at radius 3 is 2.33 bits per heavy atom. The highest BCUT2D eigenvalue weighted by Gasteiger charge is 2.25. The van der Waals surface area contributed by atoms with E-state index >= 15 is 0 Å². The number of thioether (sulfide) groups is 1. The largest absolute Gasteiger partial charge is 0.494 e. The molecule has 0 saturated carbocycles. The summed E-state index contributed by atoms with van der Waals surface area (Å²) in [6, 6.07) is 13.8. The van der Waals surface area contributed by atoms with E-state index in [2.05, 4.69) is 10.6 Å². The summed E-state index contributed by atoms with van der Waals surface area (Å²) in [5.41, 5.74) is 1.23. The second-order valence-electron chi connectivity index (χ2n) is 6.34. The van der Waals surface area contributed by atoms with Crippen LogP contribution in [0.1, 0.15) is 31.1 Å². The van der Waals surface area contributed by atoms with Gasteiger partial charge >= 0.3 is 0 Å². The van der Waals surface area contributed by atoms with Crippen molar-refractivity contribution in [2.75, 3.05) is 18.2 Å². The molecular weight excluding hydrogens is 360 g/mol. The Morgan fingerprint density at radius 1 is 1.07 bits per heavy atom. The molecule has 0 unspecified atom stereocenters. The molecule has 0 radical (unpaired) electrons. The van der Waals surface area contributed by atoms with Crippen LogP contribution in [0.25, 0.3) is 0 Å². The molecule has 0 saturated heterocycles. The number of hydrogen-bond acceptors (Lipinski definition) is 4. The Morgan fingerprint density at radius 2 is 1.74 bits per heavy atom. The summed E-state index contributed by atoms with van der Waals surface area (Å²) in [7, 11) is 0. The molecule has 144 valence electrons. The quantitative estimate of drug-likeness (QED) is 0.667. The van der Waals surface area contributed by atoms with Crippen molar-refractivity contribution in [1.82, 2.24) is 5.32 Å². The Labute approximate surface area is 164 Å². The van der Waals surface area contributed by atoms with Gasteiger partial charge in [-0.15, -0.1) is 11.8 Å². The van der Waals surface area contributed by atoms with Gasteiger partial charge in [0.2, 0.25) is 5.91 Å². The molecule has 0 spiro atoms. The Bertz CT molecular complexity index is 775. The van der Waals surface area contributed by atoms with E-state index < -0.39 is 6.04 Å². The first-order chi connectivity index (χ1) is 13.0. The van der Waals surface area contributed by atoms with Gasteiger partial charge in [0.1, 0.15) is 11.8 Å². The van der Waals surface area contributed by atoms with Crippen LogP contribution in [-0.4, -0.2) is 30.7 Å². The van der Waals surface area contributed by atoms with Crippen molar-refractivity contribution in [2.24, 2.45) is 5.92 Å². The zero-order chi connectivity index (χ0) is 19.8. The number of ether oxygens (including phenoxy) is 1. The van der Waals surface area contributed by atoms with E-state index in [1.807, 2.05) is 51.3 Å². The van der Waals surface area contributed by atoms with Crippen LogP contribution in [0.4, 0.5) is 5.69 Å². The van der Waals surface area contributed by atoms with Crippen LogP contribution in [-0.2, 0) is 4.79 Å². The van der Waals surface area contributed by atoms with Crippen LogP contribution >= 0.6 is 11.8 Å². The Hall–Kier alpha value is -2.47. The fourth-order valence-electron chi connectivity index (χ4n) is 2.59. The molecule has 0 aromatic heterocycles. The van der Waals surface area contributed by atoms with Crippen molar-refractivity contribution < 1.29 is 14.3 Å². The van der Waals surface area contributed by atoms with Crippen molar-refractivity contribution in [2.45, 2.75) is 31.7 Å². The van der Waals surface area contributed by atoms with Crippen LogP contribution in [0.3, 0.4) is 0 Å². The molecule has 6 heteroatoms. The van der Waals surface area contributed by atoms with Crippen LogP contribution in [0, 0.1) is 5.92 Å². The predicted molar refractivity (Wildman–Crippen MR) is 111 cm³/mol. The third-order valence-corrected chi connectivity index (χ3v) is 4.82. The van der Waals surface area contributed by atoms with Gasteiger partial charge in [0.15, 0.2) is 0 Å². The van der Waals surface area contributed by atoms with Crippen LogP contribution in [0.15, 0.2) is 53.4 Å². The number of hydrogen-bond donors (Lipinski definition) is 2. The standard InChI is InChI=1S/C21H26N2O3S/c1-5-26-16-12-10-15(11-13-16)20(24)23-19(14(2)3)21(25)22-17-8-6-7-9-18(17)27-4/h6-14,19H,5H2,1-4H3,(H,22,25)(H,23,24)/t19-/m0/s1. The smallest absolute Gasteiger partial charge is 0.251 e. The lowest BCUT2D eigenvalue weighted by Crippen LogP contribution is -2.47. The molecule has 0 aliphatic heterocycles. The molecule has 0 fully saturated rings. The van der Waals surface area contributed by atoms with E-state index in [1.165, 1.54) is 0 Å². The maximum Gasteiger partial charge on any atom is 0.251 e. The lowest BCUT2D eigenvalue weighted by Gasteiger charge is -2.22. The first-order valence-corrected chi connectivity index (χ1v) is 10.2. The molecule has 2 rings (SSSR count). The number of benzene rings is 2. The highest BCUT2D eigenvalue weighted by molar-refractivity contribution is 7.98. The van der Waals surface area contributed by atoms with Gasteiger partial charge in [-0.05, 0) is 55.5 Å². The molecular formula is C21H26N2O3S. The Kier molecular flexibility index (Phi) is 7.73. The predicted octanol–water partition coefficient (Wildman–Crippen LogP) is 4.20. The topological polar surface area (TPSA) is 67.4 Å². The van der Waals surface area contributed by atoms with E-state index in [-0.39, 0.29) is 17.7 Å². The number of carbonyl (C=O) groups excluding carboxylic acids is 2. The molecule has 2 aromatic carbocycles. The van der Waals surface area contributed by atoms with Gasteiger partial charge in [-0.3, -0.25) is 9.59 Å². The lowest BCUT2D eigenvalue weighted by atomic mass is 10.0. The molecule has 0 heterocycles. The van der Waals surface area contributed by atoms with Crippen molar-refractivity contribution in [3.05, 3.63) is 54.1 Å². The van der Waals surface area contributed by atoms with Crippen molar-refractivity contribution in [3.63, 3.8) is 0 Å². The SMILES string of the molecule is CCOc1ccc(C(=O)N[C@H](C(=O)Nc2ccccc2SC)C(C)C)cc1. The second kappa shape index (κ2) is 10.0. The van der Waals surface area contributed by atoms with Gasteiger partial charge in [0.05, 0.1) is 12.3 Å². The minimum Gasteiger partial charge on any atom is -0.494 e. The minimum absolute atomic E-state index is 0.0573. The van der Waals surface area contributed by atoms with Crippen molar-refractivity contribution in [1.29, 1.82) is 0 Å². The van der Waals surface area contributed by atoms with Crippen molar-refractivity contribution >= 4 is 29.3 Å². The van der Waals surface area contributed by atoms with Gasteiger partial charge in [0.25, 0.3) is 5.91 Å². The monoisotopic (exact) mass is 386 g/mol. The summed E-state index contributed by atoms with van der Waals surface area (Å²) in [6.45, 7) is 6.28. The summed E-state index contributed by atoms with van der Waals surface area (Å²) in [5.74, 6) is 0.134. The van der Waals surface area contributed by atoms with Gasteiger partial charge in [-0.1, -0.05) is 26.0 Å². The van der Waals surface area contributed by atoms with E-state index in [4.69, 9.17) is 4.74 Å². The summed E-state index contributed by atoms with van der Waals surface area (Å²) in [6.07, 6.45) is 1.96. The first kappa shape index (κ1) is 20.8. The van der Waals surface area contributed by atoms with Crippen LogP contribution in [0.5, 0.6) is 5.75 Å². The average Bonchev–Trinajstić information content (AvgIpc) is 2.66. The Balaban J connectivity index is 2.09. The fraction of sp³-hybridized carbons (Fsp3) is 0.333. The average molecular weight is 387 g/mol. The van der Waals surface area contributed by atoms with E-state index in [0.717, 1.165) is 10.6 Å². The molecule has 0 bridgehead atoms. The molecule has 0 aliphatic rings. The molecule has 0 aliphatic carbocycles. The maximum atomic E-state index is 12.8. The molecule has 2 N–H and O–H groups in total. The van der Waals surface area contributed by atoms with E-state index in [0.29, 0.717) is 17.9 Å². The van der Waals surface area contributed by atoms with E-state index in [1.54, 1.807) is 36.0 Å².